The van der Waals surface area contributed by atoms with E-state index < -0.39 is 11.6 Å². The molecular formula is C15H13BrF3N. The smallest absolute Gasteiger partial charge is 0.126 e. The van der Waals surface area contributed by atoms with Crippen molar-refractivity contribution in [3.05, 3.63) is 69.4 Å². The van der Waals surface area contributed by atoms with E-state index in [2.05, 4.69) is 15.9 Å². The average Bonchev–Trinajstić information content (AvgIpc) is 2.31. The Hall–Kier alpha value is -1.33. The van der Waals surface area contributed by atoms with Gasteiger partial charge in [0.05, 0.1) is 0 Å². The van der Waals surface area contributed by atoms with Crippen LogP contribution in [0.15, 0.2) is 40.9 Å². The lowest BCUT2D eigenvalue weighted by atomic mass is 9.99. The van der Waals surface area contributed by atoms with Crippen LogP contribution in [-0.2, 0) is 12.8 Å². The van der Waals surface area contributed by atoms with Crippen molar-refractivity contribution in [3.8, 4) is 0 Å². The second-order valence-corrected chi connectivity index (χ2v) is 5.54. The van der Waals surface area contributed by atoms with Gasteiger partial charge in [-0.05, 0) is 48.2 Å². The van der Waals surface area contributed by atoms with Crippen LogP contribution >= 0.6 is 15.9 Å². The second-order valence-electron chi connectivity index (χ2n) is 4.68. The molecule has 0 aliphatic heterocycles. The van der Waals surface area contributed by atoms with Crippen LogP contribution < -0.4 is 5.73 Å². The summed E-state index contributed by atoms with van der Waals surface area (Å²) in [6, 6.07) is 7.42. The van der Waals surface area contributed by atoms with Crippen LogP contribution in [0.4, 0.5) is 13.2 Å². The van der Waals surface area contributed by atoms with Crippen LogP contribution in [0.2, 0.25) is 0 Å². The lowest BCUT2D eigenvalue weighted by Crippen LogP contribution is -2.25. The number of rotatable bonds is 4. The Balaban J connectivity index is 2.06. The quantitative estimate of drug-likeness (QED) is 0.892. The van der Waals surface area contributed by atoms with E-state index in [1.165, 1.54) is 24.3 Å². The van der Waals surface area contributed by atoms with E-state index in [4.69, 9.17) is 5.73 Å². The molecule has 0 fully saturated rings. The van der Waals surface area contributed by atoms with E-state index in [-0.39, 0.29) is 11.9 Å². The Kier molecular flexibility index (Phi) is 4.83. The van der Waals surface area contributed by atoms with Crippen LogP contribution in [0.3, 0.4) is 0 Å². The summed E-state index contributed by atoms with van der Waals surface area (Å²) in [5.74, 6) is -1.56. The highest BCUT2D eigenvalue weighted by molar-refractivity contribution is 9.10. The summed E-state index contributed by atoms with van der Waals surface area (Å²) < 4.78 is 39.8. The normalized spacial score (nSPS) is 12.4. The van der Waals surface area contributed by atoms with Gasteiger partial charge >= 0.3 is 0 Å². The van der Waals surface area contributed by atoms with Gasteiger partial charge in [-0.25, -0.2) is 13.2 Å². The van der Waals surface area contributed by atoms with Crippen molar-refractivity contribution < 1.29 is 13.2 Å². The van der Waals surface area contributed by atoms with Gasteiger partial charge in [-0.3, -0.25) is 0 Å². The molecule has 2 N–H and O–H groups in total. The molecule has 0 heterocycles. The number of hydrogen-bond donors (Lipinski definition) is 1. The molecule has 0 aromatic heterocycles. The number of nitrogens with two attached hydrogens (primary N) is 1. The van der Waals surface area contributed by atoms with Crippen LogP contribution in [0.5, 0.6) is 0 Å². The van der Waals surface area contributed by atoms with Gasteiger partial charge in [0.1, 0.15) is 17.5 Å². The summed E-state index contributed by atoms with van der Waals surface area (Å²) in [7, 11) is 0. The average molecular weight is 344 g/mol. The first-order valence-corrected chi connectivity index (χ1v) is 6.88. The molecule has 1 unspecified atom stereocenters. The Morgan fingerprint density at radius 3 is 2.15 bits per heavy atom. The Morgan fingerprint density at radius 1 is 0.900 bits per heavy atom. The topological polar surface area (TPSA) is 26.0 Å². The molecule has 0 saturated carbocycles. The van der Waals surface area contributed by atoms with E-state index >= 15 is 0 Å². The van der Waals surface area contributed by atoms with E-state index in [1.807, 2.05) is 0 Å². The summed E-state index contributed by atoms with van der Waals surface area (Å²) in [4.78, 5) is 0. The Morgan fingerprint density at radius 2 is 1.55 bits per heavy atom. The predicted octanol–water partition coefficient (Wildman–Crippen LogP) is 3.98. The van der Waals surface area contributed by atoms with Crippen LogP contribution in [0, 0.1) is 17.5 Å². The lowest BCUT2D eigenvalue weighted by molar-refractivity contribution is 0.574. The van der Waals surface area contributed by atoms with Crippen molar-refractivity contribution in [2.45, 2.75) is 18.9 Å². The predicted molar refractivity (Wildman–Crippen MR) is 75.8 cm³/mol. The minimum absolute atomic E-state index is 0.307. The first kappa shape index (κ1) is 15.1. The summed E-state index contributed by atoms with van der Waals surface area (Å²) in [5.41, 5.74) is 7.35. The zero-order valence-electron chi connectivity index (χ0n) is 10.5. The maximum atomic E-state index is 13.1. The van der Waals surface area contributed by atoms with Gasteiger partial charge in [0.15, 0.2) is 0 Å². The molecule has 2 rings (SSSR count). The molecule has 2 aromatic carbocycles. The van der Waals surface area contributed by atoms with E-state index in [0.29, 0.717) is 22.9 Å². The van der Waals surface area contributed by atoms with Gasteiger partial charge in [-0.2, -0.15) is 0 Å². The molecule has 20 heavy (non-hydrogen) atoms. The molecule has 0 radical (unpaired) electrons. The highest BCUT2D eigenvalue weighted by atomic mass is 79.9. The molecule has 0 amide bonds. The molecule has 1 atom stereocenters. The summed E-state index contributed by atoms with van der Waals surface area (Å²) in [6.07, 6.45) is 0.831. The second kappa shape index (κ2) is 6.41. The van der Waals surface area contributed by atoms with Crippen LogP contribution in [0.25, 0.3) is 0 Å². The Bertz CT molecular complexity index is 596. The molecule has 0 saturated heterocycles. The van der Waals surface area contributed by atoms with Gasteiger partial charge in [-0.15, -0.1) is 0 Å². The first-order valence-electron chi connectivity index (χ1n) is 6.08. The minimum Gasteiger partial charge on any atom is -0.327 e. The minimum atomic E-state index is -0.616. The van der Waals surface area contributed by atoms with Crippen LogP contribution in [0.1, 0.15) is 11.1 Å². The summed E-state index contributed by atoms with van der Waals surface area (Å²) >= 11 is 3.27. The molecule has 106 valence electrons. The maximum absolute atomic E-state index is 13.1. The van der Waals surface area contributed by atoms with Gasteiger partial charge in [0.2, 0.25) is 0 Å². The van der Waals surface area contributed by atoms with Crippen molar-refractivity contribution >= 4 is 15.9 Å². The summed E-state index contributed by atoms with van der Waals surface area (Å²) in [6.45, 7) is 0. The standard InChI is InChI=1S/C15H13BrF3N/c16-15-8-11(17)2-1-10(15)6-14(20)5-9-3-12(18)7-13(19)4-9/h1-4,7-8,14H,5-6,20H2. The fourth-order valence-electron chi connectivity index (χ4n) is 2.07. The fraction of sp³-hybridized carbons (Fsp3) is 0.200. The van der Waals surface area contributed by atoms with Crippen LogP contribution in [-0.4, -0.2) is 6.04 Å². The number of hydrogen-bond acceptors (Lipinski definition) is 1. The monoisotopic (exact) mass is 343 g/mol. The first-order chi connectivity index (χ1) is 9.44. The van der Waals surface area contributed by atoms with E-state index in [9.17, 15) is 13.2 Å². The molecule has 1 nitrogen and oxygen atoms in total. The molecule has 0 aliphatic carbocycles. The van der Waals surface area contributed by atoms with E-state index in [1.54, 1.807) is 6.07 Å². The largest absolute Gasteiger partial charge is 0.327 e. The third kappa shape index (κ3) is 4.08. The lowest BCUT2D eigenvalue weighted by Gasteiger charge is -2.13. The highest BCUT2D eigenvalue weighted by Crippen LogP contribution is 2.20. The van der Waals surface area contributed by atoms with Gasteiger partial charge in [0, 0.05) is 16.6 Å². The molecule has 0 spiro atoms. The molecule has 0 bridgehead atoms. The molecule has 5 heteroatoms. The molecule has 0 aliphatic rings. The van der Waals surface area contributed by atoms with Crippen molar-refractivity contribution in [3.63, 3.8) is 0 Å². The SMILES string of the molecule is NC(Cc1cc(F)cc(F)c1)Cc1ccc(F)cc1Br. The van der Waals surface area contributed by atoms with Crippen molar-refractivity contribution in [1.82, 2.24) is 0 Å². The van der Waals surface area contributed by atoms with Crippen molar-refractivity contribution in [2.24, 2.45) is 5.73 Å². The number of benzene rings is 2. The zero-order chi connectivity index (χ0) is 14.7. The maximum Gasteiger partial charge on any atom is 0.126 e. The third-order valence-corrected chi connectivity index (χ3v) is 3.66. The third-order valence-electron chi connectivity index (χ3n) is 2.92. The zero-order valence-corrected chi connectivity index (χ0v) is 12.1. The van der Waals surface area contributed by atoms with Crippen molar-refractivity contribution in [2.75, 3.05) is 0 Å². The van der Waals surface area contributed by atoms with Gasteiger partial charge in [0.25, 0.3) is 0 Å². The van der Waals surface area contributed by atoms with E-state index in [0.717, 1.165) is 11.6 Å². The number of halogens is 4. The van der Waals surface area contributed by atoms with Gasteiger partial charge in [-0.1, -0.05) is 22.0 Å². The summed E-state index contributed by atoms with van der Waals surface area (Å²) in [5, 5.41) is 0. The van der Waals surface area contributed by atoms with Gasteiger partial charge < -0.3 is 5.73 Å². The highest BCUT2D eigenvalue weighted by Gasteiger charge is 2.10. The molecular weight excluding hydrogens is 331 g/mol. The van der Waals surface area contributed by atoms with Crippen molar-refractivity contribution in [1.29, 1.82) is 0 Å². The molecule has 2 aromatic rings. The Labute approximate surface area is 123 Å². The fourth-order valence-corrected chi connectivity index (χ4v) is 2.59.